The first kappa shape index (κ1) is 13.6. The van der Waals surface area contributed by atoms with Crippen molar-refractivity contribution in [2.75, 3.05) is 5.32 Å². The van der Waals surface area contributed by atoms with Crippen LogP contribution >= 0.6 is 0 Å². The minimum atomic E-state index is -0.283. The number of aryl methyl sites for hydroxylation is 1. The van der Waals surface area contributed by atoms with Gasteiger partial charge in [0.15, 0.2) is 5.78 Å². The molecule has 0 fully saturated rings. The second-order valence-corrected chi connectivity index (χ2v) is 4.46. The van der Waals surface area contributed by atoms with E-state index >= 15 is 0 Å². The number of Topliss-reactive ketones (excluding diaryl/α,β-unsaturated/α-hetero) is 1. The third kappa shape index (κ3) is 2.78. The van der Waals surface area contributed by atoms with Gasteiger partial charge >= 0.3 is 0 Å². The van der Waals surface area contributed by atoms with Crippen LogP contribution in [-0.4, -0.2) is 16.3 Å². The number of ketones is 1. The Balaban J connectivity index is 2.24. The molecular formula is C16H14N2O2. The molecule has 1 amide bonds. The first-order valence-electron chi connectivity index (χ1n) is 6.06. The van der Waals surface area contributed by atoms with Gasteiger partial charge in [-0.15, -0.1) is 6.42 Å². The number of aromatic nitrogens is 1. The summed E-state index contributed by atoms with van der Waals surface area (Å²) in [5.74, 6) is 2.15. The molecule has 4 heteroatoms. The lowest BCUT2D eigenvalue weighted by molar-refractivity contribution is 0.101. The summed E-state index contributed by atoms with van der Waals surface area (Å²) < 4.78 is 1.62. The molecule has 0 aliphatic heterocycles. The predicted octanol–water partition coefficient (Wildman–Crippen LogP) is 2.46. The van der Waals surface area contributed by atoms with Crippen molar-refractivity contribution in [3.05, 3.63) is 53.3 Å². The highest BCUT2D eigenvalue weighted by Crippen LogP contribution is 2.13. The van der Waals surface area contributed by atoms with Gasteiger partial charge in [0.25, 0.3) is 5.91 Å². The number of nitrogens with one attached hydrogen (secondary N) is 1. The van der Waals surface area contributed by atoms with Gasteiger partial charge in [-0.05, 0) is 31.2 Å². The summed E-state index contributed by atoms with van der Waals surface area (Å²) in [6.07, 6.45) is 6.95. The SMILES string of the molecule is C#Cc1cccc(NC(=O)c2cc(C(C)=O)cn2C)c1. The van der Waals surface area contributed by atoms with Gasteiger partial charge in [0.2, 0.25) is 0 Å². The normalized spacial score (nSPS) is 9.85. The van der Waals surface area contributed by atoms with Gasteiger partial charge in [0.1, 0.15) is 5.69 Å². The van der Waals surface area contributed by atoms with Gasteiger partial charge in [0, 0.05) is 30.1 Å². The van der Waals surface area contributed by atoms with E-state index in [1.54, 1.807) is 48.1 Å². The Hall–Kier alpha value is -2.80. The van der Waals surface area contributed by atoms with Crippen LogP contribution in [0.25, 0.3) is 0 Å². The van der Waals surface area contributed by atoms with Crippen LogP contribution in [0.15, 0.2) is 36.5 Å². The van der Waals surface area contributed by atoms with Gasteiger partial charge in [-0.1, -0.05) is 12.0 Å². The molecule has 0 atom stereocenters. The second kappa shape index (κ2) is 5.45. The molecule has 0 saturated carbocycles. The van der Waals surface area contributed by atoms with E-state index in [2.05, 4.69) is 11.2 Å². The van der Waals surface area contributed by atoms with Crippen molar-refractivity contribution in [3.63, 3.8) is 0 Å². The maximum Gasteiger partial charge on any atom is 0.272 e. The van der Waals surface area contributed by atoms with E-state index in [4.69, 9.17) is 6.42 Å². The fourth-order valence-corrected chi connectivity index (χ4v) is 1.86. The zero-order chi connectivity index (χ0) is 14.7. The third-order valence-corrected chi connectivity index (χ3v) is 2.93. The van der Waals surface area contributed by atoms with Crippen LogP contribution in [-0.2, 0) is 7.05 Å². The van der Waals surface area contributed by atoms with Crippen LogP contribution in [0, 0.1) is 12.3 Å². The third-order valence-electron chi connectivity index (χ3n) is 2.93. The summed E-state index contributed by atoms with van der Waals surface area (Å²) in [5.41, 5.74) is 2.24. The lowest BCUT2D eigenvalue weighted by Crippen LogP contribution is -2.15. The summed E-state index contributed by atoms with van der Waals surface area (Å²) in [4.78, 5) is 23.5. The first-order valence-corrected chi connectivity index (χ1v) is 6.06. The largest absolute Gasteiger partial charge is 0.346 e. The molecule has 0 unspecified atom stereocenters. The molecule has 1 aromatic heterocycles. The van der Waals surface area contributed by atoms with E-state index in [0.29, 0.717) is 22.5 Å². The number of amides is 1. The smallest absolute Gasteiger partial charge is 0.272 e. The quantitative estimate of drug-likeness (QED) is 0.685. The number of terminal acetylenes is 1. The van der Waals surface area contributed by atoms with E-state index in [1.165, 1.54) is 6.92 Å². The lowest BCUT2D eigenvalue weighted by Gasteiger charge is -2.06. The monoisotopic (exact) mass is 266 g/mol. The Morgan fingerprint density at radius 1 is 1.30 bits per heavy atom. The predicted molar refractivity (Wildman–Crippen MR) is 77.7 cm³/mol. The van der Waals surface area contributed by atoms with Gasteiger partial charge in [-0.3, -0.25) is 9.59 Å². The maximum atomic E-state index is 12.2. The highest BCUT2D eigenvalue weighted by atomic mass is 16.2. The summed E-state index contributed by atoms with van der Waals surface area (Å²) in [7, 11) is 1.72. The second-order valence-electron chi connectivity index (χ2n) is 4.46. The maximum absolute atomic E-state index is 12.2. The number of carbonyl (C=O) groups is 2. The van der Waals surface area contributed by atoms with E-state index in [9.17, 15) is 9.59 Å². The zero-order valence-electron chi connectivity index (χ0n) is 11.3. The van der Waals surface area contributed by atoms with Gasteiger partial charge in [0.05, 0.1) is 0 Å². The van der Waals surface area contributed by atoms with Crippen LogP contribution in [0.2, 0.25) is 0 Å². The molecule has 1 heterocycles. The Kier molecular flexibility index (Phi) is 3.72. The molecule has 0 aliphatic carbocycles. The molecular weight excluding hydrogens is 252 g/mol. The average Bonchev–Trinajstić information content (AvgIpc) is 2.81. The fraction of sp³-hybridized carbons (Fsp3) is 0.125. The Labute approximate surface area is 117 Å². The van der Waals surface area contributed by atoms with Crippen molar-refractivity contribution in [3.8, 4) is 12.3 Å². The van der Waals surface area contributed by atoms with Crippen LogP contribution in [0.5, 0.6) is 0 Å². The minimum Gasteiger partial charge on any atom is -0.346 e. The highest BCUT2D eigenvalue weighted by Gasteiger charge is 2.13. The fourth-order valence-electron chi connectivity index (χ4n) is 1.86. The molecule has 0 spiro atoms. The van der Waals surface area contributed by atoms with Crippen molar-refractivity contribution in [2.24, 2.45) is 7.05 Å². The number of anilines is 1. The van der Waals surface area contributed by atoms with Gasteiger partial charge in [-0.2, -0.15) is 0 Å². The Morgan fingerprint density at radius 3 is 2.65 bits per heavy atom. The Morgan fingerprint density at radius 2 is 2.05 bits per heavy atom. The van der Waals surface area contributed by atoms with E-state index in [0.717, 1.165) is 0 Å². The molecule has 20 heavy (non-hydrogen) atoms. The van der Waals surface area contributed by atoms with Crippen LogP contribution < -0.4 is 5.32 Å². The highest BCUT2D eigenvalue weighted by molar-refractivity contribution is 6.05. The minimum absolute atomic E-state index is 0.0750. The summed E-state index contributed by atoms with van der Waals surface area (Å²) in [6, 6.07) is 8.60. The average molecular weight is 266 g/mol. The number of nitrogens with zero attached hydrogens (tertiary/aromatic N) is 1. The van der Waals surface area contributed by atoms with Crippen molar-refractivity contribution < 1.29 is 9.59 Å². The number of benzene rings is 1. The number of carbonyl (C=O) groups excluding carboxylic acids is 2. The number of rotatable bonds is 3. The Bertz CT molecular complexity index is 720. The molecule has 100 valence electrons. The summed E-state index contributed by atoms with van der Waals surface area (Å²) in [6.45, 7) is 1.47. The van der Waals surface area contributed by atoms with Crippen molar-refractivity contribution in [1.29, 1.82) is 0 Å². The number of hydrogen-bond acceptors (Lipinski definition) is 2. The molecule has 1 aromatic carbocycles. The van der Waals surface area contributed by atoms with Crippen LogP contribution in [0.4, 0.5) is 5.69 Å². The molecule has 1 N–H and O–H groups in total. The van der Waals surface area contributed by atoms with Gasteiger partial charge < -0.3 is 9.88 Å². The standard InChI is InChI=1S/C16H14N2O2/c1-4-12-6-5-7-14(8-12)17-16(20)15-9-13(11(2)19)10-18(15)3/h1,5-10H,2-3H3,(H,17,20). The van der Waals surface area contributed by atoms with Crippen molar-refractivity contribution >= 4 is 17.4 Å². The van der Waals surface area contributed by atoms with E-state index in [1.807, 2.05) is 0 Å². The molecule has 0 aliphatic rings. The zero-order valence-corrected chi connectivity index (χ0v) is 11.3. The van der Waals surface area contributed by atoms with Gasteiger partial charge in [-0.25, -0.2) is 0 Å². The lowest BCUT2D eigenvalue weighted by atomic mass is 10.2. The molecule has 0 bridgehead atoms. The molecule has 0 radical (unpaired) electrons. The van der Waals surface area contributed by atoms with Crippen molar-refractivity contribution in [1.82, 2.24) is 4.57 Å². The molecule has 2 rings (SSSR count). The molecule has 4 nitrogen and oxygen atoms in total. The van der Waals surface area contributed by atoms with Crippen molar-refractivity contribution in [2.45, 2.75) is 6.92 Å². The van der Waals surface area contributed by atoms with Crippen LogP contribution in [0.3, 0.4) is 0 Å². The topological polar surface area (TPSA) is 51.1 Å². The molecule has 2 aromatic rings. The van der Waals surface area contributed by atoms with E-state index < -0.39 is 0 Å². The first-order chi connectivity index (χ1) is 9.51. The van der Waals surface area contributed by atoms with Crippen LogP contribution in [0.1, 0.15) is 33.3 Å². The summed E-state index contributed by atoms with van der Waals surface area (Å²) in [5, 5.41) is 2.76. The summed E-state index contributed by atoms with van der Waals surface area (Å²) >= 11 is 0. The van der Waals surface area contributed by atoms with E-state index in [-0.39, 0.29) is 11.7 Å². The number of hydrogen-bond donors (Lipinski definition) is 1. The molecule has 0 saturated heterocycles.